The number of thiophene rings is 2. The fourth-order valence-electron chi connectivity index (χ4n) is 6.13. The van der Waals surface area contributed by atoms with Crippen LogP contribution in [0.4, 0.5) is 0 Å². The van der Waals surface area contributed by atoms with Crippen LogP contribution in [-0.4, -0.2) is 15.0 Å². The SMILES string of the molecule is [2H]c1c([2H])c([2H])c(-c2c([2H])c([2H])c3sc4c([2H])c(-c5nc(-c6cccc(-c7ccccc7)c6)nc(-c6cccc7c6sc6ccccc67)n5)c([2H])c([2H])c4c3c2[2H])c([2H])c1[2H]. The Kier molecular flexibility index (Phi) is 4.70. The lowest BCUT2D eigenvalue weighted by Crippen LogP contribution is -2.00. The molecule has 0 saturated heterocycles. The molecule has 3 heterocycles. The van der Waals surface area contributed by atoms with E-state index in [1.165, 1.54) is 0 Å². The number of aromatic nitrogens is 3. The zero-order valence-electron chi connectivity index (χ0n) is 36.9. The lowest BCUT2D eigenvalue weighted by atomic mass is 10.0. The van der Waals surface area contributed by atoms with Crippen LogP contribution in [0.25, 0.3) is 96.8 Å². The molecule has 5 heteroatoms. The molecule has 3 nitrogen and oxygen atoms in total. The van der Waals surface area contributed by atoms with E-state index in [-0.39, 0.29) is 55.0 Å². The number of fused-ring (bicyclic) bond motifs is 6. The van der Waals surface area contributed by atoms with Gasteiger partial charge in [-0.15, -0.1) is 22.7 Å². The first-order valence-corrected chi connectivity index (χ1v) is 17.3. The molecule has 0 aliphatic rings. The Morgan fingerprint density at radius 1 is 0.400 bits per heavy atom. The molecule has 10 aromatic rings. The van der Waals surface area contributed by atoms with Crippen LogP contribution < -0.4 is 0 Å². The highest BCUT2D eigenvalue weighted by Gasteiger charge is 2.18. The molecule has 10 rings (SSSR count). The van der Waals surface area contributed by atoms with E-state index in [9.17, 15) is 5.48 Å². The van der Waals surface area contributed by atoms with E-state index in [1.54, 1.807) is 11.3 Å². The van der Waals surface area contributed by atoms with E-state index in [1.807, 2.05) is 84.9 Å². The lowest BCUT2D eigenvalue weighted by Gasteiger charge is -2.10. The Morgan fingerprint density at radius 2 is 1.12 bits per heavy atom. The summed E-state index contributed by atoms with van der Waals surface area (Å²) in [6, 6.07) is 25.9. The van der Waals surface area contributed by atoms with Crippen molar-refractivity contribution in [3.05, 3.63) is 164 Å². The lowest BCUT2D eigenvalue weighted by molar-refractivity contribution is 1.08. The van der Waals surface area contributed by atoms with Crippen molar-refractivity contribution in [3.8, 4) is 56.4 Å². The van der Waals surface area contributed by atoms with Crippen molar-refractivity contribution in [1.82, 2.24) is 15.0 Å². The van der Waals surface area contributed by atoms with Crippen LogP contribution in [0.1, 0.15) is 15.1 Å². The Hall–Kier alpha value is -6.01. The molecule has 0 N–H and O–H groups in total. The molecular formula is C45H27N3S2. The van der Waals surface area contributed by atoms with Gasteiger partial charge in [0, 0.05) is 57.0 Å². The third-order valence-electron chi connectivity index (χ3n) is 8.49. The van der Waals surface area contributed by atoms with Crippen LogP contribution in [0.15, 0.2) is 164 Å². The molecule has 0 amide bonds. The van der Waals surface area contributed by atoms with Crippen molar-refractivity contribution in [2.45, 2.75) is 0 Å². The van der Waals surface area contributed by atoms with Crippen LogP contribution >= 0.6 is 22.7 Å². The largest absolute Gasteiger partial charge is 0.208 e. The highest BCUT2D eigenvalue weighted by atomic mass is 32.1. The van der Waals surface area contributed by atoms with Crippen molar-refractivity contribution in [2.75, 3.05) is 0 Å². The first-order valence-electron chi connectivity index (χ1n) is 21.2. The molecule has 0 fully saturated rings. The van der Waals surface area contributed by atoms with Gasteiger partial charge in [-0.05, 0) is 58.6 Å². The number of hydrogen-bond donors (Lipinski definition) is 0. The third kappa shape index (κ3) is 4.98. The van der Waals surface area contributed by atoms with E-state index < -0.39 is 59.9 Å². The van der Waals surface area contributed by atoms with Crippen molar-refractivity contribution in [2.24, 2.45) is 0 Å². The van der Waals surface area contributed by atoms with Crippen LogP contribution in [0, 0.1) is 0 Å². The second-order valence-corrected chi connectivity index (χ2v) is 13.6. The quantitative estimate of drug-likeness (QED) is 0.181. The summed E-state index contributed by atoms with van der Waals surface area (Å²) in [4.78, 5) is 14.8. The molecule has 0 unspecified atom stereocenters. The summed E-state index contributed by atoms with van der Waals surface area (Å²) in [6.45, 7) is 0. The second kappa shape index (κ2) is 11.8. The summed E-state index contributed by atoms with van der Waals surface area (Å²) in [5.74, 6) is 0.555. The number of hydrogen-bond acceptors (Lipinski definition) is 5. The maximum Gasteiger partial charge on any atom is 0.165 e. The average molecular weight is 685 g/mol. The zero-order valence-corrected chi connectivity index (χ0v) is 27.5. The fraction of sp³-hybridized carbons (Fsp3) is 0. The van der Waals surface area contributed by atoms with Crippen molar-refractivity contribution in [3.63, 3.8) is 0 Å². The Morgan fingerprint density at radius 3 is 2.02 bits per heavy atom. The molecule has 0 bridgehead atoms. The van der Waals surface area contributed by atoms with E-state index >= 15 is 0 Å². The normalized spacial score (nSPS) is 14.7. The molecule has 50 heavy (non-hydrogen) atoms. The predicted octanol–water partition coefficient (Wildman–Crippen LogP) is 12.9. The Bertz CT molecular complexity index is 3490. The van der Waals surface area contributed by atoms with Gasteiger partial charge >= 0.3 is 0 Å². The van der Waals surface area contributed by atoms with Crippen LogP contribution in [0.3, 0.4) is 0 Å². The molecule has 0 aliphatic heterocycles. The minimum absolute atomic E-state index is 0.00553. The van der Waals surface area contributed by atoms with E-state index in [4.69, 9.17) is 24.5 Å². The standard InChI is InChI=1S/C45H27N3S2/c1-3-11-28(12-4-1)30-15-9-16-32(25-30)43-46-44(48-45(47-43)37-19-10-18-36-34-17-7-8-20-39(34)50-42(36)37)33-21-23-35-38-26-31(29-13-5-2-6-14-29)22-24-40(38)49-41(35)27-33/h1-27H/i2D,5D,6D,13D,14D,21D,22D,23D,24D,26D,27D. The molecule has 0 saturated carbocycles. The minimum Gasteiger partial charge on any atom is -0.208 e. The Labute approximate surface area is 312 Å². The molecule has 0 aliphatic carbocycles. The highest BCUT2D eigenvalue weighted by molar-refractivity contribution is 7.26. The van der Waals surface area contributed by atoms with Gasteiger partial charge in [0.05, 0.1) is 15.1 Å². The van der Waals surface area contributed by atoms with Gasteiger partial charge in [-0.25, -0.2) is 15.0 Å². The van der Waals surface area contributed by atoms with E-state index in [0.717, 1.165) is 48.2 Å². The summed E-state index contributed by atoms with van der Waals surface area (Å²) >= 11 is 2.51. The fourth-order valence-corrected chi connectivity index (χ4v) is 8.31. The number of benzene rings is 7. The van der Waals surface area contributed by atoms with Crippen molar-refractivity contribution in [1.29, 1.82) is 0 Å². The molecule has 3 aromatic heterocycles. The average Bonchev–Trinajstić information content (AvgIpc) is 3.88. The highest BCUT2D eigenvalue weighted by Crippen LogP contribution is 2.41. The number of nitrogens with zero attached hydrogens (tertiary/aromatic N) is 3. The summed E-state index contributed by atoms with van der Waals surface area (Å²) in [6.07, 6.45) is 0. The monoisotopic (exact) mass is 684 g/mol. The summed E-state index contributed by atoms with van der Waals surface area (Å²) in [7, 11) is 0. The van der Waals surface area contributed by atoms with Gasteiger partial charge in [0.15, 0.2) is 17.5 Å². The van der Waals surface area contributed by atoms with Gasteiger partial charge in [-0.2, -0.15) is 0 Å². The second-order valence-electron chi connectivity index (χ2n) is 11.5. The van der Waals surface area contributed by atoms with Gasteiger partial charge in [-0.3, -0.25) is 0 Å². The van der Waals surface area contributed by atoms with Crippen LogP contribution in [-0.2, 0) is 0 Å². The molecule has 7 aromatic carbocycles. The van der Waals surface area contributed by atoms with Gasteiger partial charge in [0.1, 0.15) is 0 Å². The Balaban J connectivity index is 1.25. The topological polar surface area (TPSA) is 38.7 Å². The van der Waals surface area contributed by atoms with Crippen molar-refractivity contribution >= 4 is 63.0 Å². The number of rotatable bonds is 5. The molecular weight excluding hydrogens is 647 g/mol. The molecule has 0 spiro atoms. The van der Waals surface area contributed by atoms with Gasteiger partial charge in [0.2, 0.25) is 0 Å². The van der Waals surface area contributed by atoms with E-state index in [2.05, 4.69) is 12.1 Å². The molecule has 234 valence electrons. The summed E-state index contributed by atoms with van der Waals surface area (Å²) in [5.41, 5.74) is 2.44. The van der Waals surface area contributed by atoms with Crippen molar-refractivity contribution < 1.29 is 15.1 Å². The summed E-state index contributed by atoms with van der Waals surface area (Å²) in [5, 5.41) is 2.08. The third-order valence-corrected chi connectivity index (χ3v) is 10.7. The smallest absolute Gasteiger partial charge is 0.165 e. The zero-order chi connectivity index (χ0) is 42.6. The first kappa shape index (κ1) is 19.9. The summed E-state index contributed by atoms with van der Waals surface area (Å²) < 4.78 is 99.6. The van der Waals surface area contributed by atoms with E-state index in [0.29, 0.717) is 11.4 Å². The molecule has 0 atom stereocenters. The van der Waals surface area contributed by atoms with Gasteiger partial charge in [0.25, 0.3) is 0 Å². The first-order chi connectivity index (χ1) is 29.3. The maximum atomic E-state index is 9.62. The minimum atomic E-state index is -0.657. The maximum absolute atomic E-state index is 9.62. The molecule has 0 radical (unpaired) electrons. The predicted molar refractivity (Wildman–Crippen MR) is 213 cm³/mol. The van der Waals surface area contributed by atoms with Gasteiger partial charge in [-0.1, -0.05) is 127 Å². The van der Waals surface area contributed by atoms with Crippen LogP contribution in [0.5, 0.6) is 0 Å². The van der Waals surface area contributed by atoms with Gasteiger partial charge < -0.3 is 0 Å². The van der Waals surface area contributed by atoms with Crippen LogP contribution in [0.2, 0.25) is 0 Å².